The predicted octanol–water partition coefficient (Wildman–Crippen LogP) is 0.00652. The monoisotopic (exact) mass is 243 g/mol. The van der Waals surface area contributed by atoms with Crippen LogP contribution in [0.4, 0.5) is 0 Å². The fourth-order valence-electron chi connectivity index (χ4n) is 1.79. The fraction of sp³-hybridized carbons (Fsp3) is 0.727. The summed E-state index contributed by atoms with van der Waals surface area (Å²) in [5.41, 5.74) is 1.52. The first-order valence-corrected chi connectivity index (χ1v) is 5.57. The number of aliphatic hydroxyl groups is 1. The van der Waals surface area contributed by atoms with Gasteiger partial charge in [0.2, 0.25) is 5.88 Å². The summed E-state index contributed by atoms with van der Waals surface area (Å²) in [7, 11) is 5.01. The van der Waals surface area contributed by atoms with E-state index in [0.29, 0.717) is 25.6 Å². The van der Waals surface area contributed by atoms with Gasteiger partial charge in [0.15, 0.2) is 0 Å². The molecule has 0 aromatic carbocycles. The van der Waals surface area contributed by atoms with Crippen molar-refractivity contribution in [3.8, 4) is 5.88 Å². The Morgan fingerprint density at radius 2 is 2.18 bits per heavy atom. The minimum atomic E-state index is -0.629. The van der Waals surface area contributed by atoms with Gasteiger partial charge in [0.25, 0.3) is 0 Å². The van der Waals surface area contributed by atoms with Gasteiger partial charge in [-0.25, -0.2) is 4.68 Å². The van der Waals surface area contributed by atoms with E-state index >= 15 is 0 Å². The number of aliphatic hydroxyl groups excluding tert-OH is 1. The summed E-state index contributed by atoms with van der Waals surface area (Å²) in [6.07, 6.45) is -0.629. The predicted molar refractivity (Wildman–Crippen MR) is 64.2 cm³/mol. The highest BCUT2D eigenvalue weighted by molar-refractivity contribution is 5.33. The average molecular weight is 243 g/mol. The first-order chi connectivity index (χ1) is 8.11. The zero-order chi connectivity index (χ0) is 12.8. The van der Waals surface area contributed by atoms with Crippen LogP contribution in [-0.4, -0.2) is 48.8 Å². The van der Waals surface area contributed by atoms with Crippen LogP contribution in [0, 0.1) is 6.92 Å². The van der Waals surface area contributed by atoms with Crippen LogP contribution in [0.25, 0.3) is 0 Å². The molecule has 0 saturated carbocycles. The first kappa shape index (κ1) is 14.0. The molecule has 6 nitrogen and oxygen atoms in total. The highest BCUT2D eigenvalue weighted by Gasteiger charge is 2.20. The lowest BCUT2D eigenvalue weighted by Gasteiger charge is -2.13. The summed E-state index contributed by atoms with van der Waals surface area (Å²) in [5.74, 6) is 0.601. The van der Waals surface area contributed by atoms with Crippen molar-refractivity contribution in [2.45, 2.75) is 13.0 Å². The number of aromatic nitrogens is 2. The van der Waals surface area contributed by atoms with Gasteiger partial charge in [-0.3, -0.25) is 0 Å². The van der Waals surface area contributed by atoms with Crippen molar-refractivity contribution < 1.29 is 14.6 Å². The molecule has 0 fully saturated rings. The molecule has 1 heterocycles. The summed E-state index contributed by atoms with van der Waals surface area (Å²) >= 11 is 0. The molecule has 1 atom stereocenters. The van der Waals surface area contributed by atoms with Crippen molar-refractivity contribution in [1.82, 2.24) is 15.1 Å². The highest BCUT2D eigenvalue weighted by Crippen LogP contribution is 2.27. The van der Waals surface area contributed by atoms with E-state index in [1.807, 2.05) is 6.92 Å². The molecule has 1 unspecified atom stereocenters. The van der Waals surface area contributed by atoms with Gasteiger partial charge in [-0.1, -0.05) is 0 Å². The normalized spacial score (nSPS) is 12.8. The topological polar surface area (TPSA) is 68.5 Å². The number of hydrogen-bond acceptors (Lipinski definition) is 5. The van der Waals surface area contributed by atoms with Crippen molar-refractivity contribution in [2.24, 2.45) is 7.05 Å². The summed E-state index contributed by atoms with van der Waals surface area (Å²) < 4.78 is 11.8. The minimum absolute atomic E-state index is 0.451. The molecule has 0 aliphatic rings. The molecule has 0 amide bonds. The number of rotatable bonds is 7. The maximum absolute atomic E-state index is 10.1. The lowest BCUT2D eigenvalue weighted by atomic mass is 10.1. The van der Waals surface area contributed by atoms with Gasteiger partial charge in [-0.05, 0) is 6.92 Å². The second kappa shape index (κ2) is 6.58. The third kappa shape index (κ3) is 3.42. The van der Waals surface area contributed by atoms with Gasteiger partial charge in [0.1, 0.15) is 0 Å². The zero-order valence-electron chi connectivity index (χ0n) is 10.9. The lowest BCUT2D eigenvalue weighted by molar-refractivity contribution is 0.158. The molecule has 17 heavy (non-hydrogen) atoms. The smallest absolute Gasteiger partial charge is 0.217 e. The van der Waals surface area contributed by atoms with E-state index in [1.165, 1.54) is 0 Å². The highest BCUT2D eigenvalue weighted by atomic mass is 16.5. The van der Waals surface area contributed by atoms with Crippen LogP contribution in [0.1, 0.15) is 17.4 Å². The molecular formula is C11H21N3O3. The maximum Gasteiger partial charge on any atom is 0.217 e. The van der Waals surface area contributed by atoms with E-state index in [1.54, 1.807) is 25.9 Å². The summed E-state index contributed by atoms with van der Waals surface area (Å²) in [6, 6.07) is 0. The van der Waals surface area contributed by atoms with E-state index in [4.69, 9.17) is 9.47 Å². The number of nitrogens with one attached hydrogen (secondary N) is 1. The largest absolute Gasteiger partial charge is 0.481 e. The van der Waals surface area contributed by atoms with Gasteiger partial charge < -0.3 is 19.9 Å². The van der Waals surface area contributed by atoms with Gasteiger partial charge in [-0.15, -0.1) is 0 Å². The second-order valence-electron chi connectivity index (χ2n) is 3.84. The summed E-state index contributed by atoms with van der Waals surface area (Å²) in [6.45, 7) is 3.63. The molecule has 1 aromatic rings. The van der Waals surface area contributed by atoms with Gasteiger partial charge >= 0.3 is 0 Å². The summed E-state index contributed by atoms with van der Waals surface area (Å²) in [4.78, 5) is 0. The van der Waals surface area contributed by atoms with E-state index in [2.05, 4.69) is 10.4 Å². The lowest BCUT2D eigenvalue weighted by Crippen LogP contribution is -2.25. The molecule has 0 saturated heterocycles. The number of ether oxygens (including phenoxy) is 2. The van der Waals surface area contributed by atoms with E-state index in [0.717, 1.165) is 11.3 Å². The molecule has 98 valence electrons. The van der Waals surface area contributed by atoms with Crippen LogP contribution >= 0.6 is 0 Å². The molecule has 6 heteroatoms. The Kier molecular flexibility index (Phi) is 5.40. The summed E-state index contributed by atoms with van der Waals surface area (Å²) in [5, 5.41) is 17.4. The van der Waals surface area contributed by atoms with Crippen molar-refractivity contribution >= 4 is 0 Å². The maximum atomic E-state index is 10.1. The van der Waals surface area contributed by atoms with E-state index in [9.17, 15) is 5.11 Å². The van der Waals surface area contributed by atoms with E-state index < -0.39 is 6.10 Å². The van der Waals surface area contributed by atoms with E-state index in [-0.39, 0.29) is 0 Å². The molecule has 0 bridgehead atoms. The zero-order valence-corrected chi connectivity index (χ0v) is 10.9. The number of methoxy groups -OCH3 is 2. The van der Waals surface area contributed by atoms with Crippen LogP contribution < -0.4 is 10.1 Å². The fourth-order valence-corrected chi connectivity index (χ4v) is 1.79. The number of aryl methyl sites for hydroxylation is 2. The molecule has 0 radical (unpaired) electrons. The SMILES string of the molecule is COCCNCC(O)c1c(C)nn(C)c1OC. The average Bonchev–Trinajstić information content (AvgIpc) is 2.58. The van der Waals surface area contributed by atoms with Crippen molar-refractivity contribution in [3.05, 3.63) is 11.3 Å². The standard InChI is InChI=1S/C11H21N3O3/c1-8-10(11(17-4)14(2)13-8)9(15)7-12-5-6-16-3/h9,12,15H,5-7H2,1-4H3. The van der Waals surface area contributed by atoms with Crippen LogP contribution in [-0.2, 0) is 11.8 Å². The van der Waals surface area contributed by atoms with Crippen LogP contribution in [0.3, 0.4) is 0 Å². The van der Waals surface area contributed by atoms with Gasteiger partial charge in [-0.2, -0.15) is 5.10 Å². The Labute approximate surface area is 102 Å². The Morgan fingerprint density at radius 3 is 2.76 bits per heavy atom. The van der Waals surface area contributed by atoms with Crippen molar-refractivity contribution in [2.75, 3.05) is 33.9 Å². The third-order valence-electron chi connectivity index (χ3n) is 2.56. The molecule has 1 aromatic heterocycles. The number of nitrogens with zero attached hydrogens (tertiary/aromatic N) is 2. The van der Waals surface area contributed by atoms with Crippen molar-refractivity contribution in [3.63, 3.8) is 0 Å². The Balaban J connectivity index is 2.64. The minimum Gasteiger partial charge on any atom is -0.481 e. The van der Waals surface area contributed by atoms with Crippen molar-refractivity contribution in [1.29, 1.82) is 0 Å². The molecule has 0 aliphatic carbocycles. The van der Waals surface area contributed by atoms with Crippen LogP contribution in [0.15, 0.2) is 0 Å². The number of hydrogen-bond donors (Lipinski definition) is 2. The van der Waals surface area contributed by atoms with Gasteiger partial charge in [0.05, 0.1) is 31.1 Å². The molecule has 0 spiro atoms. The van der Waals surface area contributed by atoms with Crippen LogP contribution in [0.2, 0.25) is 0 Å². The molecule has 2 N–H and O–H groups in total. The quantitative estimate of drug-likeness (QED) is 0.660. The Bertz CT molecular complexity index is 352. The van der Waals surface area contributed by atoms with Gasteiger partial charge in [0, 0.05) is 27.2 Å². The first-order valence-electron chi connectivity index (χ1n) is 5.57. The van der Waals surface area contributed by atoms with Crippen LogP contribution in [0.5, 0.6) is 5.88 Å². The second-order valence-corrected chi connectivity index (χ2v) is 3.84. The Morgan fingerprint density at radius 1 is 1.47 bits per heavy atom. The molecular weight excluding hydrogens is 222 g/mol. The Hall–Kier alpha value is -1.11. The third-order valence-corrected chi connectivity index (χ3v) is 2.56. The molecule has 1 rings (SSSR count). The molecule has 0 aliphatic heterocycles.